The number of hydrogen-bond donors (Lipinski definition) is 0. The van der Waals surface area contributed by atoms with Crippen LogP contribution in [0, 0.1) is 0 Å². The lowest BCUT2D eigenvalue weighted by atomic mass is 10.1. The van der Waals surface area contributed by atoms with Gasteiger partial charge in [0.25, 0.3) is 0 Å². The fraction of sp³-hybridized carbons (Fsp3) is 0.675. The second kappa shape index (κ2) is 35.0. The van der Waals surface area contributed by atoms with E-state index in [9.17, 15) is 14.4 Å². The van der Waals surface area contributed by atoms with E-state index in [2.05, 4.69) is 69.4 Å². The minimum Gasteiger partial charge on any atom is -0.462 e. The van der Waals surface area contributed by atoms with E-state index in [0.29, 0.717) is 12.8 Å². The highest BCUT2D eigenvalue weighted by Gasteiger charge is 2.19. The van der Waals surface area contributed by atoms with Crippen molar-refractivity contribution in [2.24, 2.45) is 0 Å². The predicted octanol–water partition coefficient (Wildman–Crippen LogP) is 11.0. The standard InChI is InChI=1S/C40H66O6/c1-4-7-10-13-16-19-22-24-27-30-33-39(42)45-36-37(46-40(43)34-31-28-25-21-18-15-12-9-6-3)35-44-38(41)32-29-26-23-20-17-14-11-8-5-2/h8-9,11-12,17-18,20-21,28,31,37H,4-7,10,13-16,19,22-27,29-30,32-36H2,1-3H3/b11-8-,12-9-,20-17-,21-18-,31-28-. The monoisotopic (exact) mass is 642 g/mol. The zero-order chi connectivity index (χ0) is 33.8. The molecule has 0 aliphatic rings. The molecule has 0 amide bonds. The molecule has 0 aliphatic heterocycles. The average molecular weight is 643 g/mol. The van der Waals surface area contributed by atoms with Crippen LogP contribution in [0.25, 0.3) is 0 Å². The van der Waals surface area contributed by atoms with Crippen molar-refractivity contribution in [1.29, 1.82) is 0 Å². The number of allylic oxidation sites excluding steroid dienone is 9. The van der Waals surface area contributed by atoms with Crippen LogP contribution < -0.4 is 0 Å². The SMILES string of the molecule is CC/C=C\C/C=C\C/C=C\CC(=O)OC(COC(=O)CCCC/C=C\C/C=C\CC)COC(=O)CCCCCCCCCCCC. The first-order valence-corrected chi connectivity index (χ1v) is 18.3. The Balaban J connectivity index is 4.53. The number of carbonyl (C=O) groups excluding carboxylic acids is 3. The van der Waals surface area contributed by atoms with Crippen molar-refractivity contribution in [3.63, 3.8) is 0 Å². The number of carbonyl (C=O) groups is 3. The van der Waals surface area contributed by atoms with Gasteiger partial charge in [-0.2, -0.15) is 0 Å². The van der Waals surface area contributed by atoms with Crippen molar-refractivity contribution < 1.29 is 28.6 Å². The van der Waals surface area contributed by atoms with Crippen LogP contribution in [-0.2, 0) is 28.6 Å². The van der Waals surface area contributed by atoms with Gasteiger partial charge in [0, 0.05) is 12.8 Å². The third-order valence-electron chi connectivity index (χ3n) is 7.30. The zero-order valence-corrected chi connectivity index (χ0v) is 29.6. The van der Waals surface area contributed by atoms with E-state index in [-0.39, 0.29) is 31.6 Å². The molecule has 0 aromatic carbocycles. The highest BCUT2D eigenvalue weighted by molar-refractivity contribution is 5.72. The van der Waals surface area contributed by atoms with Crippen molar-refractivity contribution in [1.82, 2.24) is 0 Å². The molecule has 0 spiro atoms. The van der Waals surface area contributed by atoms with E-state index in [1.165, 1.54) is 44.9 Å². The van der Waals surface area contributed by atoms with Gasteiger partial charge < -0.3 is 14.2 Å². The van der Waals surface area contributed by atoms with Gasteiger partial charge in [-0.15, -0.1) is 0 Å². The van der Waals surface area contributed by atoms with Crippen LogP contribution in [0.2, 0.25) is 0 Å². The van der Waals surface area contributed by atoms with Crippen molar-refractivity contribution >= 4 is 17.9 Å². The minimum atomic E-state index is -0.828. The molecule has 6 heteroatoms. The van der Waals surface area contributed by atoms with E-state index >= 15 is 0 Å². The lowest BCUT2D eigenvalue weighted by molar-refractivity contribution is -0.166. The number of ether oxygens (including phenoxy) is 3. The first kappa shape index (κ1) is 43.1. The molecule has 1 atom stereocenters. The largest absolute Gasteiger partial charge is 0.462 e. The van der Waals surface area contributed by atoms with Gasteiger partial charge in [-0.05, 0) is 57.8 Å². The fourth-order valence-corrected chi connectivity index (χ4v) is 4.60. The van der Waals surface area contributed by atoms with Gasteiger partial charge in [0.15, 0.2) is 6.10 Å². The lowest BCUT2D eigenvalue weighted by Crippen LogP contribution is -2.30. The molecule has 0 rings (SSSR count). The fourth-order valence-electron chi connectivity index (χ4n) is 4.60. The van der Waals surface area contributed by atoms with Crippen LogP contribution in [0.15, 0.2) is 60.8 Å². The lowest BCUT2D eigenvalue weighted by Gasteiger charge is -2.18. The molecule has 0 bridgehead atoms. The van der Waals surface area contributed by atoms with Gasteiger partial charge >= 0.3 is 17.9 Å². The third-order valence-corrected chi connectivity index (χ3v) is 7.30. The molecule has 0 saturated carbocycles. The Bertz CT molecular complexity index is 882. The molecule has 0 heterocycles. The van der Waals surface area contributed by atoms with E-state index in [0.717, 1.165) is 70.6 Å². The molecule has 6 nitrogen and oxygen atoms in total. The van der Waals surface area contributed by atoms with Crippen LogP contribution in [0.1, 0.15) is 156 Å². The van der Waals surface area contributed by atoms with Crippen molar-refractivity contribution in [3.8, 4) is 0 Å². The molecule has 0 saturated heterocycles. The highest BCUT2D eigenvalue weighted by Crippen LogP contribution is 2.12. The molecule has 0 aromatic rings. The van der Waals surface area contributed by atoms with Gasteiger partial charge in [0.05, 0.1) is 6.42 Å². The topological polar surface area (TPSA) is 78.9 Å². The van der Waals surface area contributed by atoms with Crippen molar-refractivity contribution in [2.75, 3.05) is 13.2 Å². The normalized spacial score (nSPS) is 12.7. The second-order valence-electron chi connectivity index (χ2n) is 11.7. The molecule has 0 N–H and O–H groups in total. The summed E-state index contributed by atoms with van der Waals surface area (Å²) in [5.74, 6) is -1.10. The predicted molar refractivity (Wildman–Crippen MR) is 191 cm³/mol. The molecular weight excluding hydrogens is 576 g/mol. The summed E-state index contributed by atoms with van der Waals surface area (Å²) >= 11 is 0. The van der Waals surface area contributed by atoms with Gasteiger partial charge in [-0.25, -0.2) is 0 Å². The summed E-state index contributed by atoms with van der Waals surface area (Å²) in [6, 6.07) is 0. The zero-order valence-electron chi connectivity index (χ0n) is 29.6. The summed E-state index contributed by atoms with van der Waals surface area (Å²) in [4.78, 5) is 37.2. The molecule has 0 aliphatic carbocycles. The maximum Gasteiger partial charge on any atom is 0.310 e. The Morgan fingerprint density at radius 1 is 0.478 bits per heavy atom. The third kappa shape index (κ3) is 32.5. The number of rotatable bonds is 31. The Labute approximate surface area is 281 Å². The smallest absolute Gasteiger partial charge is 0.310 e. The Hall–Kier alpha value is -2.89. The summed E-state index contributed by atoms with van der Waals surface area (Å²) in [6.07, 6.45) is 39.7. The number of esters is 3. The van der Waals surface area contributed by atoms with E-state index in [1.54, 1.807) is 6.08 Å². The van der Waals surface area contributed by atoms with Crippen LogP contribution in [-0.4, -0.2) is 37.2 Å². The molecular formula is C40H66O6. The Morgan fingerprint density at radius 2 is 0.913 bits per heavy atom. The quantitative estimate of drug-likeness (QED) is 0.0324. The summed E-state index contributed by atoms with van der Waals surface area (Å²) in [5, 5.41) is 0. The number of unbranched alkanes of at least 4 members (excludes halogenated alkanes) is 11. The molecule has 0 radical (unpaired) electrons. The van der Waals surface area contributed by atoms with Gasteiger partial charge in [0.2, 0.25) is 0 Å². The molecule has 262 valence electrons. The van der Waals surface area contributed by atoms with Crippen molar-refractivity contribution in [3.05, 3.63) is 60.8 Å². The molecule has 0 aromatic heterocycles. The summed E-state index contributed by atoms with van der Waals surface area (Å²) in [7, 11) is 0. The van der Waals surface area contributed by atoms with Crippen LogP contribution in [0.3, 0.4) is 0 Å². The molecule has 1 unspecified atom stereocenters. The molecule has 0 fully saturated rings. The van der Waals surface area contributed by atoms with Crippen molar-refractivity contribution in [2.45, 2.75) is 162 Å². The van der Waals surface area contributed by atoms with Gasteiger partial charge in [-0.3, -0.25) is 14.4 Å². The number of hydrogen-bond acceptors (Lipinski definition) is 6. The average Bonchev–Trinajstić information content (AvgIpc) is 3.05. The van der Waals surface area contributed by atoms with Crippen LogP contribution in [0.5, 0.6) is 0 Å². The first-order valence-electron chi connectivity index (χ1n) is 18.3. The highest BCUT2D eigenvalue weighted by atomic mass is 16.6. The minimum absolute atomic E-state index is 0.0995. The maximum absolute atomic E-state index is 12.5. The second-order valence-corrected chi connectivity index (χ2v) is 11.7. The van der Waals surface area contributed by atoms with Crippen LogP contribution in [0.4, 0.5) is 0 Å². The summed E-state index contributed by atoms with van der Waals surface area (Å²) in [6.45, 7) is 6.21. The maximum atomic E-state index is 12.5. The van der Waals surface area contributed by atoms with Crippen LogP contribution >= 0.6 is 0 Å². The Morgan fingerprint density at radius 3 is 1.43 bits per heavy atom. The summed E-state index contributed by atoms with van der Waals surface area (Å²) in [5.41, 5.74) is 0. The van der Waals surface area contributed by atoms with Gasteiger partial charge in [0.1, 0.15) is 13.2 Å². The van der Waals surface area contributed by atoms with Gasteiger partial charge in [-0.1, -0.05) is 139 Å². The Kier molecular flexibility index (Phi) is 32.8. The van der Waals surface area contributed by atoms with E-state index < -0.39 is 12.1 Å². The first-order chi connectivity index (χ1) is 22.5. The van der Waals surface area contributed by atoms with E-state index in [1.807, 2.05) is 6.08 Å². The van der Waals surface area contributed by atoms with E-state index in [4.69, 9.17) is 14.2 Å². The molecule has 46 heavy (non-hydrogen) atoms. The summed E-state index contributed by atoms with van der Waals surface area (Å²) < 4.78 is 16.4.